The molecule has 41 heavy (non-hydrogen) atoms. The Morgan fingerprint density at radius 2 is 1.32 bits per heavy atom. The first kappa shape index (κ1) is 33.9. The summed E-state index contributed by atoms with van der Waals surface area (Å²) < 4.78 is 32.0. The molecule has 0 heterocycles. The Balaban J connectivity index is 2.07. The standard InChI is InChI=1S/C30H45NO10/c1-18(36-25(32)21-12-10-9-11-13-21)19(2)37-26(33)22(31)16-20-14-15-23(38-27(34)40-29(3,4)5)24(17-20)39-28(35)41-30(6,7)8/h14-15,17-19,21-22H,9-13,16,31H2,1-8H3/t18?,19-,22-/m0/s1. The highest BCUT2D eigenvalue weighted by Gasteiger charge is 2.29. The minimum atomic E-state index is -1.08. The Morgan fingerprint density at radius 1 is 0.805 bits per heavy atom. The van der Waals surface area contributed by atoms with E-state index in [1.807, 2.05) is 0 Å². The molecule has 2 N–H and O–H groups in total. The third-order valence-corrected chi connectivity index (χ3v) is 6.14. The lowest BCUT2D eigenvalue weighted by atomic mass is 9.89. The highest BCUT2D eigenvalue weighted by atomic mass is 16.8. The molecule has 1 aliphatic carbocycles. The van der Waals surface area contributed by atoms with Crippen molar-refractivity contribution in [1.29, 1.82) is 0 Å². The van der Waals surface area contributed by atoms with Gasteiger partial charge >= 0.3 is 24.2 Å². The third kappa shape index (κ3) is 12.4. The molecule has 0 spiro atoms. The van der Waals surface area contributed by atoms with Gasteiger partial charge in [-0.3, -0.25) is 9.59 Å². The fourth-order valence-corrected chi connectivity index (χ4v) is 3.98. The lowest BCUT2D eigenvalue weighted by Crippen LogP contribution is -2.40. The van der Waals surface area contributed by atoms with Gasteiger partial charge in [-0.25, -0.2) is 9.59 Å². The molecule has 1 aliphatic rings. The summed E-state index contributed by atoms with van der Waals surface area (Å²) in [6.45, 7) is 13.4. The second kappa shape index (κ2) is 14.5. The summed E-state index contributed by atoms with van der Waals surface area (Å²) in [6, 6.07) is 3.29. The number of benzene rings is 1. The molecule has 1 fully saturated rings. The molecular weight excluding hydrogens is 534 g/mol. The molecule has 0 aromatic heterocycles. The number of rotatable bonds is 9. The molecule has 2 rings (SSSR count). The van der Waals surface area contributed by atoms with Crippen molar-refractivity contribution in [3.05, 3.63) is 23.8 Å². The van der Waals surface area contributed by atoms with Crippen LogP contribution in [-0.4, -0.2) is 53.7 Å². The van der Waals surface area contributed by atoms with Crippen molar-refractivity contribution in [1.82, 2.24) is 0 Å². The van der Waals surface area contributed by atoms with E-state index in [4.69, 9.17) is 34.2 Å². The zero-order valence-electron chi connectivity index (χ0n) is 25.4. The third-order valence-electron chi connectivity index (χ3n) is 6.14. The Hall–Kier alpha value is -3.34. The number of esters is 2. The predicted molar refractivity (Wildman–Crippen MR) is 150 cm³/mol. The Kier molecular flexibility index (Phi) is 12.0. The van der Waals surface area contributed by atoms with Gasteiger partial charge in [0.25, 0.3) is 0 Å². The smallest absolute Gasteiger partial charge is 0.459 e. The molecular formula is C30H45NO10. The molecule has 230 valence electrons. The summed E-state index contributed by atoms with van der Waals surface area (Å²) in [5.74, 6) is -1.29. The molecule has 0 amide bonds. The van der Waals surface area contributed by atoms with Crippen LogP contribution in [0.4, 0.5) is 9.59 Å². The number of nitrogens with two attached hydrogens (primary N) is 1. The monoisotopic (exact) mass is 579 g/mol. The molecule has 1 aromatic carbocycles. The van der Waals surface area contributed by atoms with Crippen molar-refractivity contribution in [2.75, 3.05) is 0 Å². The van der Waals surface area contributed by atoms with E-state index in [9.17, 15) is 19.2 Å². The van der Waals surface area contributed by atoms with E-state index >= 15 is 0 Å². The van der Waals surface area contributed by atoms with Gasteiger partial charge in [0, 0.05) is 0 Å². The number of hydrogen-bond donors (Lipinski definition) is 1. The van der Waals surface area contributed by atoms with Crippen LogP contribution in [0.1, 0.15) is 93.1 Å². The minimum Gasteiger partial charge on any atom is -0.459 e. The van der Waals surface area contributed by atoms with E-state index in [1.54, 1.807) is 61.5 Å². The van der Waals surface area contributed by atoms with E-state index in [2.05, 4.69) is 0 Å². The normalized spacial score (nSPS) is 16.5. The van der Waals surface area contributed by atoms with Crippen molar-refractivity contribution in [2.24, 2.45) is 11.7 Å². The maximum absolute atomic E-state index is 12.7. The quantitative estimate of drug-likeness (QED) is 0.220. The Labute approximate surface area is 242 Å². The van der Waals surface area contributed by atoms with Gasteiger partial charge in [-0.2, -0.15) is 0 Å². The van der Waals surface area contributed by atoms with Crippen molar-refractivity contribution >= 4 is 24.2 Å². The highest BCUT2D eigenvalue weighted by Crippen LogP contribution is 2.31. The van der Waals surface area contributed by atoms with Crippen LogP contribution in [-0.2, 0) is 35.0 Å². The largest absolute Gasteiger partial charge is 0.514 e. The first-order valence-electron chi connectivity index (χ1n) is 14.0. The molecule has 3 atom stereocenters. The summed E-state index contributed by atoms with van der Waals surface area (Å²) in [5.41, 5.74) is 4.98. The first-order chi connectivity index (χ1) is 18.9. The zero-order chi connectivity index (χ0) is 31.0. The average Bonchev–Trinajstić information content (AvgIpc) is 2.83. The van der Waals surface area contributed by atoms with E-state index in [-0.39, 0.29) is 29.8 Å². The van der Waals surface area contributed by atoms with Crippen LogP contribution >= 0.6 is 0 Å². The van der Waals surface area contributed by atoms with Crippen molar-refractivity contribution in [3.8, 4) is 11.5 Å². The SMILES string of the molecule is CC(OC(=O)C1CCCCC1)[C@H](C)OC(=O)[C@@H](N)Cc1ccc(OC(=O)OC(C)(C)C)c(OC(=O)OC(C)(C)C)c1. The molecule has 1 unspecified atom stereocenters. The van der Waals surface area contributed by atoms with Gasteiger partial charge in [0.15, 0.2) is 11.5 Å². The van der Waals surface area contributed by atoms with Crippen LogP contribution in [0.25, 0.3) is 0 Å². The zero-order valence-corrected chi connectivity index (χ0v) is 25.4. The predicted octanol–water partition coefficient (Wildman–Crippen LogP) is 5.63. The van der Waals surface area contributed by atoms with E-state index in [0.29, 0.717) is 5.56 Å². The van der Waals surface area contributed by atoms with Gasteiger partial charge < -0.3 is 34.2 Å². The van der Waals surface area contributed by atoms with E-state index in [1.165, 1.54) is 12.1 Å². The van der Waals surface area contributed by atoms with E-state index < -0.39 is 47.7 Å². The van der Waals surface area contributed by atoms with Crippen LogP contribution < -0.4 is 15.2 Å². The second-order valence-corrected chi connectivity index (χ2v) is 12.3. The van der Waals surface area contributed by atoms with Gasteiger partial charge in [-0.1, -0.05) is 25.3 Å². The first-order valence-corrected chi connectivity index (χ1v) is 14.0. The lowest BCUT2D eigenvalue weighted by molar-refractivity contribution is -0.169. The summed E-state index contributed by atoms with van der Waals surface area (Å²) >= 11 is 0. The molecule has 0 radical (unpaired) electrons. The number of ether oxygens (including phenoxy) is 6. The molecule has 1 aromatic rings. The van der Waals surface area contributed by atoms with Crippen LogP contribution in [0.3, 0.4) is 0 Å². The van der Waals surface area contributed by atoms with Crippen LogP contribution in [0, 0.1) is 5.92 Å². The lowest BCUT2D eigenvalue weighted by Gasteiger charge is -2.26. The van der Waals surface area contributed by atoms with Crippen molar-refractivity contribution < 1.29 is 47.6 Å². The summed E-state index contributed by atoms with van der Waals surface area (Å²) in [7, 11) is 0. The molecule has 0 bridgehead atoms. The van der Waals surface area contributed by atoms with Crippen LogP contribution in [0.5, 0.6) is 11.5 Å². The average molecular weight is 580 g/mol. The van der Waals surface area contributed by atoms with Gasteiger partial charge in [0.05, 0.1) is 5.92 Å². The number of carbonyl (C=O) groups excluding carboxylic acids is 4. The van der Waals surface area contributed by atoms with Crippen LogP contribution in [0.2, 0.25) is 0 Å². The topological polar surface area (TPSA) is 150 Å². The van der Waals surface area contributed by atoms with Gasteiger partial charge in [-0.15, -0.1) is 0 Å². The molecule has 0 aliphatic heterocycles. The fraction of sp³-hybridized carbons (Fsp3) is 0.667. The van der Waals surface area contributed by atoms with Crippen molar-refractivity contribution in [3.63, 3.8) is 0 Å². The number of hydrogen-bond acceptors (Lipinski definition) is 11. The maximum atomic E-state index is 12.7. The van der Waals surface area contributed by atoms with Crippen molar-refractivity contribution in [2.45, 2.75) is 123 Å². The van der Waals surface area contributed by atoms with Gasteiger partial charge in [-0.05, 0) is 92.3 Å². The summed E-state index contributed by atoms with van der Waals surface area (Å²) in [5, 5.41) is 0. The highest BCUT2D eigenvalue weighted by molar-refractivity contribution is 5.76. The molecule has 11 nitrogen and oxygen atoms in total. The fourth-order valence-electron chi connectivity index (χ4n) is 3.98. The minimum absolute atomic E-state index is 0.0131. The Bertz CT molecular complexity index is 1070. The maximum Gasteiger partial charge on any atom is 0.514 e. The molecule has 1 saturated carbocycles. The van der Waals surface area contributed by atoms with E-state index in [0.717, 1.165) is 32.1 Å². The second-order valence-electron chi connectivity index (χ2n) is 12.3. The van der Waals surface area contributed by atoms with Gasteiger partial charge in [0.1, 0.15) is 29.5 Å². The Morgan fingerprint density at radius 3 is 1.85 bits per heavy atom. The molecule has 11 heteroatoms. The summed E-state index contributed by atoms with van der Waals surface area (Å²) in [4.78, 5) is 49.8. The van der Waals surface area contributed by atoms with Crippen LogP contribution in [0.15, 0.2) is 18.2 Å². The van der Waals surface area contributed by atoms with Gasteiger partial charge in [0.2, 0.25) is 0 Å². The number of carbonyl (C=O) groups is 4. The summed E-state index contributed by atoms with van der Waals surface area (Å²) in [6.07, 6.45) is 1.41. The molecule has 0 saturated heterocycles.